The van der Waals surface area contributed by atoms with Crippen LogP contribution in [0.2, 0.25) is 0 Å². The van der Waals surface area contributed by atoms with Gasteiger partial charge in [0.15, 0.2) is 0 Å². The molecular weight excluding hydrogens is 252 g/mol. The number of carbonyl (C=O) groups is 1. The van der Waals surface area contributed by atoms with Crippen LogP contribution in [0.25, 0.3) is 0 Å². The fraction of sp³-hybridized carbons (Fsp3) is 0.750. The Hall–Kier alpha value is -1.32. The van der Waals surface area contributed by atoms with Crippen LogP contribution in [0, 0.1) is 30.6 Å². The van der Waals surface area contributed by atoms with Crippen molar-refractivity contribution >= 4 is 5.97 Å². The average Bonchev–Trinajstić information content (AvgIpc) is 2.69. The number of nitrogens with zero attached hydrogens (tertiary/aromatic N) is 2. The van der Waals surface area contributed by atoms with Crippen LogP contribution in [0.4, 0.5) is 0 Å². The van der Waals surface area contributed by atoms with E-state index in [1.54, 1.807) is 6.20 Å². The molecule has 5 rings (SSSR count). The largest absolute Gasteiger partial charge is 0.481 e. The lowest BCUT2D eigenvalue weighted by Gasteiger charge is -2.55. The fourth-order valence-corrected chi connectivity index (χ4v) is 5.51. The second kappa shape index (κ2) is 4.34. The molecule has 4 saturated carbocycles. The highest BCUT2D eigenvalue weighted by Gasteiger charge is 2.49. The molecule has 4 bridgehead atoms. The van der Waals surface area contributed by atoms with Crippen molar-refractivity contribution in [2.75, 3.05) is 0 Å². The van der Waals surface area contributed by atoms with Gasteiger partial charge in [-0.25, -0.2) is 4.98 Å². The van der Waals surface area contributed by atoms with E-state index >= 15 is 0 Å². The van der Waals surface area contributed by atoms with E-state index in [-0.39, 0.29) is 6.42 Å². The highest BCUT2D eigenvalue weighted by atomic mass is 16.4. The molecule has 20 heavy (non-hydrogen) atoms. The van der Waals surface area contributed by atoms with Gasteiger partial charge >= 0.3 is 5.97 Å². The third-order valence-electron chi connectivity index (χ3n) is 5.87. The van der Waals surface area contributed by atoms with E-state index in [2.05, 4.69) is 9.55 Å². The van der Waals surface area contributed by atoms with Crippen molar-refractivity contribution < 1.29 is 9.90 Å². The number of aromatic nitrogens is 2. The first-order valence-corrected chi connectivity index (χ1v) is 7.86. The molecule has 0 radical (unpaired) electrons. The smallest absolute Gasteiger partial charge is 0.309 e. The van der Waals surface area contributed by atoms with Gasteiger partial charge in [-0.2, -0.15) is 0 Å². The fourth-order valence-electron chi connectivity index (χ4n) is 5.51. The minimum atomic E-state index is -0.755. The summed E-state index contributed by atoms with van der Waals surface area (Å²) in [6.45, 7) is 2.02. The summed E-state index contributed by atoms with van der Waals surface area (Å²) in [5.74, 6) is 3.65. The summed E-state index contributed by atoms with van der Waals surface area (Å²) in [5.41, 5.74) is 0.896. The molecule has 1 N–H and O–H groups in total. The first-order valence-electron chi connectivity index (χ1n) is 7.86. The van der Waals surface area contributed by atoms with Crippen molar-refractivity contribution in [1.82, 2.24) is 9.55 Å². The van der Waals surface area contributed by atoms with Gasteiger partial charge < -0.3 is 9.67 Å². The Bertz CT molecular complexity index is 521. The van der Waals surface area contributed by atoms with Crippen molar-refractivity contribution in [2.24, 2.45) is 23.7 Å². The van der Waals surface area contributed by atoms with Crippen LogP contribution >= 0.6 is 0 Å². The Balaban J connectivity index is 1.70. The predicted octanol–water partition coefficient (Wildman–Crippen LogP) is 2.82. The average molecular weight is 274 g/mol. The zero-order valence-corrected chi connectivity index (χ0v) is 12.0. The maximum Gasteiger partial charge on any atom is 0.309 e. The normalized spacial score (nSPS) is 38.4. The lowest BCUT2D eigenvalue weighted by Crippen LogP contribution is -2.46. The zero-order chi connectivity index (χ0) is 13.9. The lowest BCUT2D eigenvalue weighted by molar-refractivity contribution is -0.136. The van der Waals surface area contributed by atoms with E-state index in [9.17, 15) is 4.79 Å². The van der Waals surface area contributed by atoms with Crippen LogP contribution < -0.4 is 0 Å². The van der Waals surface area contributed by atoms with Crippen LogP contribution in [-0.4, -0.2) is 20.6 Å². The van der Waals surface area contributed by atoms with E-state index < -0.39 is 5.97 Å². The SMILES string of the molecule is Cc1ncc(CC(=O)O)n1C1C2CC3CC(C2)CC1C3. The number of carboxylic acid groups (broad SMARTS) is 1. The summed E-state index contributed by atoms with van der Waals surface area (Å²) < 4.78 is 2.28. The van der Waals surface area contributed by atoms with Gasteiger partial charge in [-0.05, 0) is 62.7 Å². The quantitative estimate of drug-likeness (QED) is 0.922. The molecule has 0 atom stereocenters. The second-order valence-electron chi connectivity index (χ2n) is 7.16. The molecule has 4 heteroatoms. The second-order valence-corrected chi connectivity index (χ2v) is 7.16. The van der Waals surface area contributed by atoms with E-state index in [1.165, 1.54) is 32.1 Å². The standard InChI is InChI=1S/C16H22N2O2/c1-9-17-8-14(7-15(19)20)18(9)16-12-3-10-2-11(5-12)6-13(16)4-10/h8,10-13,16H,2-7H2,1H3,(H,19,20). The molecule has 0 amide bonds. The zero-order valence-electron chi connectivity index (χ0n) is 12.0. The van der Waals surface area contributed by atoms with Gasteiger partial charge in [-0.3, -0.25) is 4.79 Å². The van der Waals surface area contributed by atoms with E-state index in [4.69, 9.17) is 5.11 Å². The lowest BCUT2D eigenvalue weighted by atomic mass is 9.54. The Morgan fingerprint density at radius 1 is 1.25 bits per heavy atom. The summed E-state index contributed by atoms with van der Waals surface area (Å²) in [6, 6.07) is 0.514. The van der Waals surface area contributed by atoms with Crippen LogP contribution in [0.5, 0.6) is 0 Å². The molecule has 1 aromatic heterocycles. The molecule has 0 spiro atoms. The number of carboxylic acids is 1. The van der Waals surface area contributed by atoms with Crippen LogP contribution in [0.1, 0.15) is 49.7 Å². The number of rotatable bonds is 3. The van der Waals surface area contributed by atoms with Crippen LogP contribution in [0.15, 0.2) is 6.20 Å². The molecule has 1 aromatic rings. The van der Waals surface area contributed by atoms with Gasteiger partial charge in [0.1, 0.15) is 5.82 Å². The van der Waals surface area contributed by atoms with Crippen LogP contribution in [-0.2, 0) is 11.2 Å². The number of aryl methyl sites for hydroxylation is 1. The third kappa shape index (κ3) is 1.80. The number of aliphatic carboxylic acids is 1. The molecule has 0 aromatic carbocycles. The number of hydrogen-bond donors (Lipinski definition) is 1. The summed E-state index contributed by atoms with van der Waals surface area (Å²) in [7, 11) is 0. The molecule has 4 fully saturated rings. The molecule has 0 aliphatic heterocycles. The van der Waals surface area contributed by atoms with E-state index in [0.717, 1.165) is 35.2 Å². The Kier molecular flexibility index (Phi) is 2.69. The van der Waals surface area contributed by atoms with E-state index in [0.29, 0.717) is 6.04 Å². The molecule has 108 valence electrons. The van der Waals surface area contributed by atoms with Gasteiger partial charge in [-0.1, -0.05) is 0 Å². The highest BCUT2D eigenvalue weighted by Crippen LogP contribution is 2.58. The van der Waals surface area contributed by atoms with Gasteiger partial charge in [0.05, 0.1) is 6.42 Å². The molecule has 1 heterocycles. The maximum atomic E-state index is 11.1. The summed E-state index contributed by atoms with van der Waals surface area (Å²) in [4.78, 5) is 15.5. The topological polar surface area (TPSA) is 55.1 Å². The first kappa shape index (κ1) is 12.4. The minimum absolute atomic E-state index is 0.101. The van der Waals surface area contributed by atoms with Gasteiger partial charge in [-0.15, -0.1) is 0 Å². The molecule has 4 nitrogen and oxygen atoms in total. The molecule has 0 saturated heterocycles. The summed E-state index contributed by atoms with van der Waals surface area (Å²) in [6.07, 6.45) is 8.72. The Morgan fingerprint density at radius 3 is 2.40 bits per heavy atom. The van der Waals surface area contributed by atoms with Crippen molar-refractivity contribution in [3.8, 4) is 0 Å². The predicted molar refractivity (Wildman–Crippen MR) is 74.4 cm³/mol. The van der Waals surface area contributed by atoms with Gasteiger partial charge in [0.25, 0.3) is 0 Å². The first-order chi connectivity index (χ1) is 9.61. The molecular formula is C16H22N2O2. The Labute approximate surface area is 119 Å². The van der Waals surface area contributed by atoms with Crippen LogP contribution in [0.3, 0.4) is 0 Å². The molecule has 4 aliphatic carbocycles. The van der Waals surface area contributed by atoms with Crippen molar-refractivity contribution in [3.63, 3.8) is 0 Å². The highest BCUT2D eigenvalue weighted by molar-refractivity contribution is 5.69. The van der Waals surface area contributed by atoms with Crippen molar-refractivity contribution in [2.45, 2.75) is 51.5 Å². The van der Waals surface area contributed by atoms with Gasteiger partial charge in [0.2, 0.25) is 0 Å². The number of hydrogen-bond acceptors (Lipinski definition) is 2. The molecule has 4 aliphatic rings. The minimum Gasteiger partial charge on any atom is -0.481 e. The van der Waals surface area contributed by atoms with E-state index in [1.807, 2.05) is 6.92 Å². The number of imidazole rings is 1. The van der Waals surface area contributed by atoms with Gasteiger partial charge in [0, 0.05) is 17.9 Å². The third-order valence-corrected chi connectivity index (χ3v) is 5.87. The monoisotopic (exact) mass is 274 g/mol. The summed E-state index contributed by atoms with van der Waals surface area (Å²) >= 11 is 0. The van der Waals surface area contributed by atoms with Crippen molar-refractivity contribution in [3.05, 3.63) is 17.7 Å². The van der Waals surface area contributed by atoms with Crippen molar-refractivity contribution in [1.29, 1.82) is 0 Å². The maximum absolute atomic E-state index is 11.1. The Morgan fingerprint density at radius 2 is 1.85 bits per heavy atom. The molecule has 0 unspecified atom stereocenters. The summed E-state index contributed by atoms with van der Waals surface area (Å²) in [5, 5.41) is 9.11.